The van der Waals surface area contributed by atoms with Crippen molar-refractivity contribution in [2.45, 2.75) is 5.92 Å². The predicted molar refractivity (Wildman–Crippen MR) is 121 cm³/mol. The molecular weight excluding hydrogens is 458 g/mol. The number of aromatic nitrogens is 2. The Hall–Kier alpha value is -3.83. The third-order valence-corrected chi connectivity index (χ3v) is 5.82. The maximum Gasteiger partial charge on any atom is 0.205 e. The zero-order chi connectivity index (χ0) is 21.7. The number of anilines is 1. The van der Waals surface area contributed by atoms with E-state index >= 15 is 0 Å². The highest BCUT2D eigenvalue weighted by atomic mass is 79.9. The van der Waals surface area contributed by atoms with Crippen LogP contribution >= 0.6 is 15.9 Å². The summed E-state index contributed by atoms with van der Waals surface area (Å²) in [5.41, 5.74) is 17.2. The van der Waals surface area contributed by atoms with Crippen LogP contribution in [0.3, 0.4) is 0 Å². The maximum atomic E-state index is 9.98. The standard InChI is InChI=1S/C23H16BrN5O2/c1-30-18-7-6-11(24)8-12(18)19-13(10-25)23(27)31-22-14(26)9-17-21(20(19)22)29-16-5-3-2-4-15(16)28-17/h2-9,19H,26-27H2,1H3. The first-order valence-electron chi connectivity index (χ1n) is 9.41. The Kier molecular flexibility index (Phi) is 4.41. The molecule has 31 heavy (non-hydrogen) atoms. The second-order valence-corrected chi connectivity index (χ2v) is 8.02. The summed E-state index contributed by atoms with van der Waals surface area (Å²) in [5, 5.41) is 9.98. The minimum Gasteiger partial charge on any atom is -0.496 e. The smallest absolute Gasteiger partial charge is 0.205 e. The van der Waals surface area contributed by atoms with Gasteiger partial charge in [-0.15, -0.1) is 0 Å². The van der Waals surface area contributed by atoms with Crippen LogP contribution in [0.25, 0.3) is 22.1 Å². The number of para-hydroxylation sites is 2. The fourth-order valence-corrected chi connectivity index (χ4v) is 4.36. The van der Waals surface area contributed by atoms with Gasteiger partial charge in [0.1, 0.15) is 17.4 Å². The van der Waals surface area contributed by atoms with Gasteiger partial charge in [-0.3, -0.25) is 0 Å². The SMILES string of the molecule is COc1ccc(Br)cc1C1C(C#N)=C(N)Oc2c(N)cc3nc4ccccc4nc3c21. The van der Waals surface area contributed by atoms with Gasteiger partial charge in [0.15, 0.2) is 5.75 Å². The molecule has 0 saturated carbocycles. The number of nitrogens with zero attached hydrogens (tertiary/aromatic N) is 3. The van der Waals surface area contributed by atoms with Crippen LogP contribution in [0.1, 0.15) is 17.0 Å². The van der Waals surface area contributed by atoms with Gasteiger partial charge in [0.05, 0.1) is 40.8 Å². The molecule has 1 atom stereocenters. The lowest BCUT2D eigenvalue weighted by atomic mass is 9.82. The quantitative estimate of drug-likeness (QED) is 0.327. The number of nitrogens with two attached hydrogens (primary N) is 2. The van der Waals surface area contributed by atoms with Crippen molar-refractivity contribution < 1.29 is 9.47 Å². The van der Waals surface area contributed by atoms with Crippen molar-refractivity contribution in [1.82, 2.24) is 9.97 Å². The molecule has 0 radical (unpaired) electrons. The molecule has 0 spiro atoms. The van der Waals surface area contributed by atoms with Crippen molar-refractivity contribution in [3.8, 4) is 17.6 Å². The first kappa shape index (κ1) is 19.2. The summed E-state index contributed by atoms with van der Waals surface area (Å²) in [7, 11) is 1.58. The average Bonchev–Trinajstić information content (AvgIpc) is 2.77. The fourth-order valence-electron chi connectivity index (χ4n) is 3.98. The molecule has 0 bridgehead atoms. The van der Waals surface area contributed by atoms with Crippen LogP contribution in [-0.4, -0.2) is 17.1 Å². The summed E-state index contributed by atoms with van der Waals surface area (Å²) in [6, 6.07) is 17.1. The van der Waals surface area contributed by atoms with Gasteiger partial charge in [0.25, 0.3) is 0 Å². The summed E-state index contributed by atoms with van der Waals surface area (Å²) < 4.78 is 12.3. The second-order valence-electron chi connectivity index (χ2n) is 7.10. The Morgan fingerprint density at radius 3 is 2.52 bits per heavy atom. The van der Waals surface area contributed by atoms with Gasteiger partial charge in [0, 0.05) is 15.6 Å². The minimum atomic E-state index is -0.595. The van der Waals surface area contributed by atoms with Gasteiger partial charge in [-0.25, -0.2) is 9.97 Å². The number of methoxy groups -OCH3 is 1. The first-order chi connectivity index (χ1) is 15.0. The van der Waals surface area contributed by atoms with E-state index in [9.17, 15) is 5.26 Å². The van der Waals surface area contributed by atoms with Crippen LogP contribution in [0.4, 0.5) is 5.69 Å². The van der Waals surface area contributed by atoms with E-state index in [1.807, 2.05) is 42.5 Å². The zero-order valence-corrected chi connectivity index (χ0v) is 18.0. The molecule has 1 aliphatic rings. The molecule has 4 N–H and O–H groups in total. The van der Waals surface area contributed by atoms with Crippen LogP contribution in [0.5, 0.6) is 11.5 Å². The van der Waals surface area contributed by atoms with E-state index in [0.29, 0.717) is 33.8 Å². The van der Waals surface area contributed by atoms with Crippen molar-refractivity contribution in [3.63, 3.8) is 0 Å². The Bertz CT molecular complexity index is 1460. The predicted octanol–water partition coefficient (Wildman–Crippen LogP) is 4.35. The van der Waals surface area contributed by atoms with Gasteiger partial charge < -0.3 is 20.9 Å². The lowest BCUT2D eigenvalue weighted by Crippen LogP contribution is -2.23. The first-order valence-corrected chi connectivity index (χ1v) is 10.2. The molecular formula is C23H16BrN5O2. The van der Waals surface area contributed by atoms with Crippen molar-refractivity contribution >= 4 is 43.7 Å². The number of nitrogen functional groups attached to an aromatic ring is 1. The molecule has 1 aliphatic heterocycles. The van der Waals surface area contributed by atoms with Gasteiger partial charge in [-0.05, 0) is 36.4 Å². The zero-order valence-electron chi connectivity index (χ0n) is 16.4. The summed E-state index contributed by atoms with van der Waals surface area (Å²) in [5.74, 6) is 0.385. The van der Waals surface area contributed by atoms with E-state index in [0.717, 1.165) is 21.1 Å². The molecule has 1 unspecified atom stereocenters. The van der Waals surface area contributed by atoms with Crippen molar-refractivity contribution in [2.75, 3.05) is 12.8 Å². The highest BCUT2D eigenvalue weighted by Crippen LogP contribution is 2.50. The van der Waals surface area contributed by atoms with E-state index in [2.05, 4.69) is 22.0 Å². The summed E-state index contributed by atoms with van der Waals surface area (Å²) in [4.78, 5) is 9.59. The molecule has 1 aromatic heterocycles. The van der Waals surface area contributed by atoms with Crippen LogP contribution in [0, 0.1) is 11.3 Å². The molecule has 2 heterocycles. The highest BCUT2D eigenvalue weighted by molar-refractivity contribution is 9.10. The molecule has 0 aliphatic carbocycles. The molecule has 0 fully saturated rings. The normalized spacial score (nSPS) is 15.5. The van der Waals surface area contributed by atoms with E-state index < -0.39 is 5.92 Å². The molecule has 4 aromatic rings. The van der Waals surface area contributed by atoms with Crippen molar-refractivity contribution in [2.24, 2.45) is 5.73 Å². The number of nitriles is 1. The Morgan fingerprint density at radius 1 is 1.06 bits per heavy atom. The van der Waals surface area contributed by atoms with E-state index in [1.165, 1.54) is 0 Å². The molecule has 3 aromatic carbocycles. The summed E-state index contributed by atoms with van der Waals surface area (Å²) in [6.45, 7) is 0. The van der Waals surface area contributed by atoms with Crippen molar-refractivity contribution in [1.29, 1.82) is 5.26 Å². The Labute approximate surface area is 186 Å². The fraction of sp³-hybridized carbons (Fsp3) is 0.0870. The van der Waals surface area contributed by atoms with Crippen LogP contribution < -0.4 is 20.9 Å². The molecule has 8 heteroatoms. The summed E-state index contributed by atoms with van der Waals surface area (Å²) in [6.07, 6.45) is 0. The number of allylic oxidation sites excluding steroid dienone is 1. The van der Waals surface area contributed by atoms with E-state index in [4.69, 9.17) is 30.9 Å². The van der Waals surface area contributed by atoms with Gasteiger partial charge in [-0.2, -0.15) is 5.26 Å². The topological polar surface area (TPSA) is 120 Å². The maximum absolute atomic E-state index is 9.98. The number of hydrogen-bond donors (Lipinski definition) is 2. The van der Waals surface area contributed by atoms with Crippen LogP contribution in [0.15, 0.2) is 64.5 Å². The van der Waals surface area contributed by atoms with Gasteiger partial charge >= 0.3 is 0 Å². The molecule has 7 nitrogen and oxygen atoms in total. The average molecular weight is 474 g/mol. The highest BCUT2D eigenvalue weighted by Gasteiger charge is 2.36. The molecule has 0 saturated heterocycles. The third kappa shape index (κ3) is 2.94. The second kappa shape index (κ2) is 7.15. The Balaban J connectivity index is 1.93. The molecule has 152 valence electrons. The van der Waals surface area contributed by atoms with Crippen molar-refractivity contribution in [3.05, 3.63) is 75.6 Å². The number of ether oxygens (including phenoxy) is 2. The largest absolute Gasteiger partial charge is 0.496 e. The molecule has 0 amide bonds. The van der Waals surface area contributed by atoms with Crippen LogP contribution in [0.2, 0.25) is 0 Å². The van der Waals surface area contributed by atoms with Gasteiger partial charge in [0.2, 0.25) is 5.88 Å². The monoisotopic (exact) mass is 473 g/mol. The number of fused-ring (bicyclic) bond motifs is 4. The van der Waals surface area contributed by atoms with E-state index in [1.54, 1.807) is 13.2 Å². The third-order valence-electron chi connectivity index (χ3n) is 5.33. The Morgan fingerprint density at radius 2 is 1.81 bits per heavy atom. The van der Waals surface area contributed by atoms with E-state index in [-0.39, 0.29) is 11.5 Å². The number of benzene rings is 3. The lowest BCUT2D eigenvalue weighted by Gasteiger charge is -2.29. The van der Waals surface area contributed by atoms with Crippen LogP contribution in [-0.2, 0) is 0 Å². The summed E-state index contributed by atoms with van der Waals surface area (Å²) >= 11 is 3.52. The number of rotatable bonds is 2. The number of halogens is 1. The lowest BCUT2D eigenvalue weighted by molar-refractivity contribution is 0.389. The number of hydrogen-bond acceptors (Lipinski definition) is 7. The van der Waals surface area contributed by atoms with Gasteiger partial charge in [-0.1, -0.05) is 28.1 Å². The molecule has 5 rings (SSSR count). The minimum absolute atomic E-state index is 0.00169.